The molecule has 21 heavy (non-hydrogen) atoms. The summed E-state index contributed by atoms with van der Waals surface area (Å²) in [4.78, 5) is 12.1. The molecular formula is C15H21N5O. The minimum absolute atomic E-state index is 0.174. The number of rotatable bonds is 6. The van der Waals surface area contributed by atoms with E-state index in [-0.39, 0.29) is 5.91 Å². The highest BCUT2D eigenvalue weighted by Crippen LogP contribution is 2.26. The summed E-state index contributed by atoms with van der Waals surface area (Å²) >= 11 is 0. The first kappa shape index (κ1) is 15.2. The lowest BCUT2D eigenvalue weighted by molar-refractivity contribution is -0.117. The fourth-order valence-electron chi connectivity index (χ4n) is 2.15. The van der Waals surface area contributed by atoms with Gasteiger partial charge in [-0.15, -0.1) is 10.2 Å². The summed E-state index contributed by atoms with van der Waals surface area (Å²) in [7, 11) is 0. The van der Waals surface area contributed by atoms with Gasteiger partial charge in [-0.1, -0.05) is 25.5 Å². The standard InChI is InChI=1S/C15H21N5O/c1-3-7-12(16)15(21)18-13-9-6-5-8-11(13)14-19-17-10-20(14)4-2/h5-6,8-10,12H,3-4,7,16H2,1-2H3,(H,18,21). The molecule has 0 fully saturated rings. The molecular weight excluding hydrogens is 266 g/mol. The van der Waals surface area contributed by atoms with E-state index in [1.54, 1.807) is 6.33 Å². The Labute approximate surface area is 124 Å². The molecule has 2 aromatic rings. The highest BCUT2D eigenvalue weighted by atomic mass is 16.2. The molecule has 1 aromatic carbocycles. The third-order valence-electron chi connectivity index (χ3n) is 3.32. The molecule has 1 aromatic heterocycles. The van der Waals surface area contributed by atoms with E-state index in [4.69, 9.17) is 5.73 Å². The van der Waals surface area contributed by atoms with Gasteiger partial charge >= 0.3 is 0 Å². The van der Waals surface area contributed by atoms with E-state index >= 15 is 0 Å². The monoisotopic (exact) mass is 287 g/mol. The summed E-state index contributed by atoms with van der Waals surface area (Å²) in [5.41, 5.74) is 7.40. The molecule has 0 radical (unpaired) electrons. The zero-order valence-electron chi connectivity index (χ0n) is 12.4. The van der Waals surface area contributed by atoms with Gasteiger partial charge in [0.05, 0.1) is 11.7 Å². The zero-order valence-corrected chi connectivity index (χ0v) is 12.4. The Bertz CT molecular complexity index is 608. The molecule has 3 N–H and O–H groups in total. The fraction of sp³-hybridized carbons (Fsp3) is 0.400. The van der Waals surface area contributed by atoms with Gasteiger partial charge in [0.25, 0.3) is 0 Å². The smallest absolute Gasteiger partial charge is 0.241 e. The van der Waals surface area contributed by atoms with Crippen LogP contribution in [-0.2, 0) is 11.3 Å². The Morgan fingerprint density at radius 1 is 1.38 bits per heavy atom. The molecule has 6 nitrogen and oxygen atoms in total. The van der Waals surface area contributed by atoms with Gasteiger partial charge in [0.15, 0.2) is 5.82 Å². The third-order valence-corrected chi connectivity index (χ3v) is 3.32. The second-order valence-electron chi connectivity index (χ2n) is 4.87. The van der Waals surface area contributed by atoms with Crippen molar-refractivity contribution in [3.63, 3.8) is 0 Å². The van der Waals surface area contributed by atoms with Crippen LogP contribution in [0.3, 0.4) is 0 Å². The van der Waals surface area contributed by atoms with Crippen LogP contribution in [0.15, 0.2) is 30.6 Å². The van der Waals surface area contributed by atoms with Gasteiger partial charge in [0, 0.05) is 12.1 Å². The molecule has 0 aliphatic heterocycles. The molecule has 0 spiro atoms. The number of nitrogens with zero attached hydrogens (tertiary/aromatic N) is 3. The van der Waals surface area contributed by atoms with E-state index in [9.17, 15) is 4.79 Å². The second kappa shape index (κ2) is 6.99. The molecule has 112 valence electrons. The van der Waals surface area contributed by atoms with Gasteiger partial charge in [-0.2, -0.15) is 0 Å². The van der Waals surface area contributed by atoms with Crippen LogP contribution in [0.2, 0.25) is 0 Å². The molecule has 0 bridgehead atoms. The van der Waals surface area contributed by atoms with Crippen molar-refractivity contribution in [2.45, 2.75) is 39.3 Å². The van der Waals surface area contributed by atoms with Gasteiger partial charge in [0.2, 0.25) is 5.91 Å². The molecule has 6 heteroatoms. The van der Waals surface area contributed by atoms with Crippen LogP contribution < -0.4 is 11.1 Å². The van der Waals surface area contributed by atoms with Crippen molar-refractivity contribution < 1.29 is 4.79 Å². The van der Waals surface area contributed by atoms with Crippen molar-refractivity contribution in [2.24, 2.45) is 5.73 Å². The lowest BCUT2D eigenvalue weighted by Crippen LogP contribution is -2.35. The lowest BCUT2D eigenvalue weighted by atomic mass is 10.1. The number of carbonyl (C=O) groups excluding carboxylic acids is 1. The van der Waals surface area contributed by atoms with Crippen molar-refractivity contribution in [1.29, 1.82) is 0 Å². The SMILES string of the molecule is CCCC(N)C(=O)Nc1ccccc1-c1nncn1CC. The van der Waals surface area contributed by atoms with Gasteiger partial charge in [-0.05, 0) is 25.5 Å². The van der Waals surface area contributed by atoms with Crippen molar-refractivity contribution in [3.8, 4) is 11.4 Å². The summed E-state index contributed by atoms with van der Waals surface area (Å²) in [5.74, 6) is 0.560. The van der Waals surface area contributed by atoms with Crippen molar-refractivity contribution in [3.05, 3.63) is 30.6 Å². The van der Waals surface area contributed by atoms with E-state index in [1.807, 2.05) is 42.7 Å². The van der Waals surface area contributed by atoms with E-state index in [0.717, 1.165) is 24.4 Å². The Kier molecular flexibility index (Phi) is 5.05. The molecule has 0 saturated carbocycles. The number of aryl methyl sites for hydroxylation is 1. The first-order chi connectivity index (χ1) is 10.2. The fourth-order valence-corrected chi connectivity index (χ4v) is 2.15. The van der Waals surface area contributed by atoms with E-state index in [0.29, 0.717) is 12.1 Å². The van der Waals surface area contributed by atoms with E-state index < -0.39 is 6.04 Å². The zero-order chi connectivity index (χ0) is 15.2. The van der Waals surface area contributed by atoms with Crippen LogP contribution in [0, 0.1) is 0 Å². The summed E-state index contributed by atoms with van der Waals surface area (Å²) in [6.07, 6.45) is 3.22. The average Bonchev–Trinajstić information content (AvgIpc) is 2.96. The quantitative estimate of drug-likeness (QED) is 0.851. The largest absolute Gasteiger partial charge is 0.324 e. The maximum absolute atomic E-state index is 12.1. The third kappa shape index (κ3) is 3.46. The molecule has 0 saturated heterocycles. The van der Waals surface area contributed by atoms with Crippen LogP contribution in [0.1, 0.15) is 26.7 Å². The van der Waals surface area contributed by atoms with Crippen LogP contribution in [0.4, 0.5) is 5.69 Å². The minimum Gasteiger partial charge on any atom is -0.324 e. The van der Waals surface area contributed by atoms with E-state index in [2.05, 4.69) is 15.5 Å². The summed E-state index contributed by atoms with van der Waals surface area (Å²) in [5, 5.41) is 11.0. The molecule has 2 rings (SSSR count). The molecule has 1 amide bonds. The number of hydrogen-bond acceptors (Lipinski definition) is 4. The summed E-state index contributed by atoms with van der Waals surface area (Å²) in [6, 6.07) is 7.05. The number of anilines is 1. The molecule has 0 aliphatic carbocycles. The normalized spacial score (nSPS) is 12.1. The van der Waals surface area contributed by atoms with Crippen molar-refractivity contribution in [1.82, 2.24) is 14.8 Å². The Balaban J connectivity index is 2.28. The van der Waals surface area contributed by atoms with Crippen LogP contribution in [-0.4, -0.2) is 26.7 Å². The number of aromatic nitrogens is 3. The summed E-state index contributed by atoms with van der Waals surface area (Å²) < 4.78 is 1.93. The molecule has 0 aliphatic rings. The van der Waals surface area contributed by atoms with Crippen LogP contribution >= 0.6 is 0 Å². The number of hydrogen-bond donors (Lipinski definition) is 2. The van der Waals surface area contributed by atoms with Crippen molar-refractivity contribution >= 4 is 11.6 Å². The van der Waals surface area contributed by atoms with Gasteiger partial charge in [0.1, 0.15) is 6.33 Å². The molecule has 1 heterocycles. The number of benzene rings is 1. The summed E-state index contributed by atoms with van der Waals surface area (Å²) in [6.45, 7) is 4.79. The van der Waals surface area contributed by atoms with E-state index in [1.165, 1.54) is 0 Å². The van der Waals surface area contributed by atoms with Crippen LogP contribution in [0.25, 0.3) is 11.4 Å². The number of nitrogens with two attached hydrogens (primary N) is 1. The Hall–Kier alpha value is -2.21. The Morgan fingerprint density at radius 3 is 2.86 bits per heavy atom. The number of nitrogens with one attached hydrogen (secondary N) is 1. The first-order valence-corrected chi connectivity index (χ1v) is 7.21. The average molecular weight is 287 g/mol. The van der Waals surface area contributed by atoms with Gasteiger partial charge in [-0.25, -0.2) is 0 Å². The predicted molar refractivity (Wildman–Crippen MR) is 82.6 cm³/mol. The maximum Gasteiger partial charge on any atom is 0.241 e. The molecule has 1 atom stereocenters. The van der Waals surface area contributed by atoms with Crippen LogP contribution in [0.5, 0.6) is 0 Å². The predicted octanol–water partition coefficient (Wildman–Crippen LogP) is 2.03. The number of para-hydroxylation sites is 1. The Morgan fingerprint density at radius 2 is 2.14 bits per heavy atom. The second-order valence-corrected chi connectivity index (χ2v) is 4.87. The highest BCUT2D eigenvalue weighted by molar-refractivity contribution is 5.97. The van der Waals surface area contributed by atoms with Crippen molar-refractivity contribution in [2.75, 3.05) is 5.32 Å². The lowest BCUT2D eigenvalue weighted by Gasteiger charge is -2.14. The number of amides is 1. The van der Waals surface area contributed by atoms with Gasteiger partial charge in [-0.3, -0.25) is 4.79 Å². The highest BCUT2D eigenvalue weighted by Gasteiger charge is 2.16. The van der Waals surface area contributed by atoms with Gasteiger partial charge < -0.3 is 15.6 Å². The first-order valence-electron chi connectivity index (χ1n) is 7.21. The topological polar surface area (TPSA) is 85.8 Å². The number of carbonyl (C=O) groups is 1. The maximum atomic E-state index is 12.1. The minimum atomic E-state index is -0.493. The molecule has 1 unspecified atom stereocenters.